The van der Waals surface area contributed by atoms with Gasteiger partial charge in [0.15, 0.2) is 6.17 Å². The standard InChI is InChI=1S/C8H14FN3O/c1-12(2)7(3-10)8-11-4-6(9)5-13-8/h3,6H,4-5,10H2,1-2H3. The van der Waals surface area contributed by atoms with Crippen LogP contribution < -0.4 is 5.73 Å². The van der Waals surface area contributed by atoms with Crippen molar-refractivity contribution in [1.29, 1.82) is 0 Å². The Morgan fingerprint density at radius 3 is 2.85 bits per heavy atom. The van der Waals surface area contributed by atoms with Gasteiger partial charge in [0.05, 0.1) is 6.54 Å². The first-order valence-corrected chi connectivity index (χ1v) is 4.06. The van der Waals surface area contributed by atoms with Crippen molar-refractivity contribution in [3.63, 3.8) is 0 Å². The number of likely N-dealkylation sites (N-methyl/N-ethyl adjacent to an activating group) is 1. The van der Waals surface area contributed by atoms with E-state index in [-0.39, 0.29) is 13.2 Å². The maximum Gasteiger partial charge on any atom is 0.234 e. The van der Waals surface area contributed by atoms with Crippen molar-refractivity contribution in [3.8, 4) is 0 Å². The second-order valence-corrected chi connectivity index (χ2v) is 3.00. The van der Waals surface area contributed by atoms with Crippen molar-refractivity contribution in [2.75, 3.05) is 27.2 Å². The molecule has 1 rings (SSSR count). The Kier molecular flexibility index (Phi) is 3.11. The van der Waals surface area contributed by atoms with Gasteiger partial charge >= 0.3 is 0 Å². The molecule has 1 aliphatic rings. The molecule has 4 nitrogen and oxygen atoms in total. The van der Waals surface area contributed by atoms with Crippen LogP contribution in [0, 0.1) is 0 Å². The highest BCUT2D eigenvalue weighted by molar-refractivity contribution is 5.93. The molecule has 1 aliphatic heterocycles. The molecule has 0 aromatic carbocycles. The molecule has 2 N–H and O–H groups in total. The predicted molar refractivity (Wildman–Crippen MR) is 49.1 cm³/mol. The zero-order valence-corrected chi connectivity index (χ0v) is 7.83. The smallest absolute Gasteiger partial charge is 0.234 e. The Morgan fingerprint density at radius 1 is 1.77 bits per heavy atom. The lowest BCUT2D eigenvalue weighted by molar-refractivity contribution is 0.171. The maximum atomic E-state index is 12.6. The van der Waals surface area contributed by atoms with Crippen molar-refractivity contribution in [2.24, 2.45) is 10.7 Å². The van der Waals surface area contributed by atoms with Crippen LogP contribution in [0.25, 0.3) is 0 Å². The molecule has 0 amide bonds. The second kappa shape index (κ2) is 4.11. The Labute approximate surface area is 76.9 Å². The van der Waals surface area contributed by atoms with Crippen molar-refractivity contribution in [2.45, 2.75) is 6.17 Å². The fraction of sp³-hybridized carbons (Fsp3) is 0.625. The van der Waals surface area contributed by atoms with Crippen LogP contribution in [0.1, 0.15) is 0 Å². The first kappa shape index (κ1) is 9.83. The van der Waals surface area contributed by atoms with Gasteiger partial charge < -0.3 is 15.4 Å². The van der Waals surface area contributed by atoms with Crippen LogP contribution in [0.5, 0.6) is 0 Å². The third kappa shape index (κ3) is 2.34. The molecule has 0 saturated heterocycles. The van der Waals surface area contributed by atoms with E-state index in [1.807, 2.05) is 14.1 Å². The summed E-state index contributed by atoms with van der Waals surface area (Å²) in [5.74, 6) is 0.418. The van der Waals surface area contributed by atoms with Crippen molar-refractivity contribution in [3.05, 3.63) is 11.9 Å². The van der Waals surface area contributed by atoms with E-state index in [1.165, 1.54) is 6.20 Å². The summed E-state index contributed by atoms with van der Waals surface area (Å²) in [5.41, 5.74) is 6.05. The first-order chi connectivity index (χ1) is 6.15. The third-order valence-corrected chi connectivity index (χ3v) is 1.69. The van der Waals surface area contributed by atoms with Crippen molar-refractivity contribution in [1.82, 2.24) is 4.90 Å². The van der Waals surface area contributed by atoms with Gasteiger partial charge in [0.2, 0.25) is 5.90 Å². The van der Waals surface area contributed by atoms with Crippen molar-refractivity contribution < 1.29 is 9.13 Å². The largest absolute Gasteiger partial charge is 0.473 e. The van der Waals surface area contributed by atoms with Crippen LogP contribution in [0.15, 0.2) is 16.9 Å². The van der Waals surface area contributed by atoms with Gasteiger partial charge in [0.25, 0.3) is 0 Å². The molecule has 1 unspecified atom stereocenters. The van der Waals surface area contributed by atoms with E-state index in [2.05, 4.69) is 4.99 Å². The number of aliphatic imine (C=N–C) groups is 1. The number of nitrogens with two attached hydrogens (primary N) is 1. The van der Waals surface area contributed by atoms with Crippen LogP contribution in [0.4, 0.5) is 4.39 Å². The lowest BCUT2D eigenvalue weighted by atomic mass is 10.3. The molecule has 0 aliphatic carbocycles. The zero-order chi connectivity index (χ0) is 9.84. The first-order valence-electron chi connectivity index (χ1n) is 4.06. The quantitative estimate of drug-likeness (QED) is 0.667. The van der Waals surface area contributed by atoms with Crippen LogP contribution in [-0.4, -0.2) is 44.2 Å². The highest BCUT2D eigenvalue weighted by Crippen LogP contribution is 2.09. The number of alkyl halides is 1. The molecule has 13 heavy (non-hydrogen) atoms. The van der Waals surface area contributed by atoms with Crippen LogP contribution in [-0.2, 0) is 4.74 Å². The minimum Gasteiger partial charge on any atom is -0.473 e. The van der Waals surface area contributed by atoms with Gasteiger partial charge in [-0.3, -0.25) is 0 Å². The molecular weight excluding hydrogens is 173 g/mol. The summed E-state index contributed by atoms with van der Waals surface area (Å²) < 4.78 is 17.7. The Bertz CT molecular complexity index is 238. The number of halogens is 1. The molecule has 0 saturated carbocycles. The van der Waals surface area contributed by atoms with E-state index < -0.39 is 6.17 Å². The normalized spacial score (nSPS) is 23.5. The summed E-state index contributed by atoms with van der Waals surface area (Å²) in [7, 11) is 3.65. The zero-order valence-electron chi connectivity index (χ0n) is 7.83. The summed E-state index contributed by atoms with van der Waals surface area (Å²) in [6.07, 6.45) is 0.405. The minimum atomic E-state index is -0.995. The second-order valence-electron chi connectivity index (χ2n) is 3.00. The fourth-order valence-corrected chi connectivity index (χ4v) is 1.02. The maximum absolute atomic E-state index is 12.6. The molecule has 1 heterocycles. The highest BCUT2D eigenvalue weighted by Gasteiger charge is 2.19. The van der Waals surface area contributed by atoms with E-state index in [0.29, 0.717) is 11.6 Å². The molecule has 1 atom stereocenters. The average molecular weight is 187 g/mol. The molecule has 0 aromatic rings. The third-order valence-electron chi connectivity index (χ3n) is 1.69. The summed E-state index contributed by atoms with van der Waals surface area (Å²) in [5, 5.41) is 0. The van der Waals surface area contributed by atoms with Gasteiger partial charge in [-0.2, -0.15) is 0 Å². The van der Waals surface area contributed by atoms with Crippen molar-refractivity contribution >= 4 is 5.90 Å². The summed E-state index contributed by atoms with van der Waals surface area (Å²) in [4.78, 5) is 5.71. The average Bonchev–Trinajstić information content (AvgIpc) is 2.09. The van der Waals surface area contributed by atoms with Crippen LogP contribution >= 0.6 is 0 Å². The lowest BCUT2D eigenvalue weighted by Gasteiger charge is -2.22. The molecule has 0 fully saturated rings. The molecule has 0 radical (unpaired) electrons. The van der Waals surface area contributed by atoms with E-state index >= 15 is 0 Å². The lowest BCUT2D eigenvalue weighted by Crippen LogP contribution is -2.30. The molecule has 5 heteroatoms. The molecule has 74 valence electrons. The van der Waals surface area contributed by atoms with E-state index in [4.69, 9.17) is 10.5 Å². The Balaban J connectivity index is 2.71. The number of hydrogen-bond donors (Lipinski definition) is 1. The summed E-state index contributed by atoms with van der Waals surface area (Å²) in [6.45, 7) is 0.213. The number of rotatable bonds is 2. The van der Waals surface area contributed by atoms with E-state index in [0.717, 1.165) is 0 Å². The van der Waals surface area contributed by atoms with Gasteiger partial charge in [-0.25, -0.2) is 9.38 Å². The van der Waals surface area contributed by atoms with Crippen LogP contribution in [0.2, 0.25) is 0 Å². The van der Waals surface area contributed by atoms with Gasteiger partial charge in [-0.15, -0.1) is 0 Å². The number of hydrogen-bond acceptors (Lipinski definition) is 4. The molecule has 0 spiro atoms. The highest BCUT2D eigenvalue weighted by atomic mass is 19.1. The summed E-state index contributed by atoms with van der Waals surface area (Å²) >= 11 is 0. The minimum absolute atomic E-state index is 0.0595. The summed E-state index contributed by atoms with van der Waals surface area (Å²) in [6, 6.07) is 0. The predicted octanol–water partition coefficient (Wildman–Crippen LogP) is 0.115. The molecule has 0 bridgehead atoms. The van der Waals surface area contributed by atoms with Gasteiger partial charge in [-0.05, 0) is 0 Å². The SMILES string of the molecule is CN(C)C(=CN)C1=NCC(F)CO1. The van der Waals surface area contributed by atoms with E-state index in [1.54, 1.807) is 4.90 Å². The van der Waals surface area contributed by atoms with Crippen LogP contribution in [0.3, 0.4) is 0 Å². The number of nitrogens with zero attached hydrogens (tertiary/aromatic N) is 2. The fourth-order valence-electron chi connectivity index (χ4n) is 1.02. The van der Waals surface area contributed by atoms with Gasteiger partial charge in [0.1, 0.15) is 12.3 Å². The monoisotopic (exact) mass is 187 g/mol. The molecular formula is C8H14FN3O. The topological polar surface area (TPSA) is 50.8 Å². The van der Waals surface area contributed by atoms with E-state index in [9.17, 15) is 4.39 Å². The molecule has 0 aromatic heterocycles. The van der Waals surface area contributed by atoms with Gasteiger partial charge in [-0.1, -0.05) is 0 Å². The number of ether oxygens (including phenoxy) is 1. The Morgan fingerprint density at radius 2 is 2.46 bits per heavy atom. The Hall–Kier alpha value is -1.26. The van der Waals surface area contributed by atoms with Gasteiger partial charge in [0, 0.05) is 20.3 Å².